The van der Waals surface area contributed by atoms with Gasteiger partial charge in [0.1, 0.15) is 18.2 Å². The van der Waals surface area contributed by atoms with Crippen molar-refractivity contribution < 1.29 is 4.74 Å². The lowest BCUT2D eigenvalue weighted by molar-refractivity contribution is 0.306. The summed E-state index contributed by atoms with van der Waals surface area (Å²) in [5.41, 5.74) is 10.3. The van der Waals surface area contributed by atoms with Gasteiger partial charge in [0, 0.05) is 20.4 Å². The third kappa shape index (κ3) is 5.19. The van der Waals surface area contributed by atoms with Crippen LogP contribution in [0.4, 0.5) is 10.9 Å². The van der Waals surface area contributed by atoms with Crippen molar-refractivity contribution >= 4 is 56.0 Å². The Morgan fingerprint density at radius 3 is 2.96 bits per heavy atom. The van der Waals surface area contributed by atoms with Gasteiger partial charge in [-0.15, -0.1) is 11.3 Å². The van der Waals surface area contributed by atoms with E-state index in [1.165, 1.54) is 11.3 Å². The highest BCUT2D eigenvalue weighted by Gasteiger charge is 2.04. The van der Waals surface area contributed by atoms with Crippen LogP contribution >= 0.6 is 38.9 Å². The Kier molecular flexibility index (Phi) is 5.91. The summed E-state index contributed by atoms with van der Waals surface area (Å²) in [5, 5.41) is 7.25. The highest BCUT2D eigenvalue weighted by molar-refractivity contribution is 9.10. The molecule has 0 bridgehead atoms. The number of rotatable bonds is 6. The summed E-state index contributed by atoms with van der Waals surface area (Å²) in [6, 6.07) is 13.3. The van der Waals surface area contributed by atoms with Gasteiger partial charge in [-0.1, -0.05) is 39.7 Å². The van der Waals surface area contributed by atoms with Gasteiger partial charge in [-0.3, -0.25) is 5.43 Å². The fourth-order valence-electron chi connectivity index (χ4n) is 2.03. The molecule has 1 heterocycles. The first-order chi connectivity index (χ1) is 12.1. The van der Waals surface area contributed by atoms with Gasteiger partial charge in [-0.2, -0.15) is 5.10 Å². The van der Waals surface area contributed by atoms with Gasteiger partial charge in [0.05, 0.1) is 6.21 Å². The molecular formula is C17H14BrClN4OS. The zero-order chi connectivity index (χ0) is 17.6. The molecule has 5 nitrogen and oxygen atoms in total. The number of anilines is 2. The van der Waals surface area contributed by atoms with Gasteiger partial charge in [0.25, 0.3) is 0 Å². The number of ether oxygens (including phenoxy) is 1. The van der Waals surface area contributed by atoms with Crippen LogP contribution in [0.2, 0.25) is 5.02 Å². The van der Waals surface area contributed by atoms with E-state index in [-0.39, 0.29) is 0 Å². The molecule has 1 aromatic heterocycles. The quantitative estimate of drug-likeness (QED) is 0.412. The number of nitrogens with one attached hydrogen (secondary N) is 1. The third-order valence-corrected chi connectivity index (χ3v) is 4.63. The summed E-state index contributed by atoms with van der Waals surface area (Å²) >= 11 is 10.8. The maximum atomic E-state index is 6.00. The predicted molar refractivity (Wildman–Crippen MR) is 108 cm³/mol. The number of nitrogen functional groups attached to an aromatic ring is 1. The van der Waals surface area contributed by atoms with E-state index in [0.29, 0.717) is 28.3 Å². The van der Waals surface area contributed by atoms with E-state index in [1.807, 2.05) is 42.5 Å². The number of hydrogen-bond acceptors (Lipinski definition) is 6. The molecule has 0 saturated heterocycles. The summed E-state index contributed by atoms with van der Waals surface area (Å²) in [6.07, 6.45) is 1.68. The Hall–Kier alpha value is -2.09. The van der Waals surface area contributed by atoms with Crippen LogP contribution in [-0.2, 0) is 6.61 Å². The van der Waals surface area contributed by atoms with Gasteiger partial charge in [0.2, 0.25) is 5.13 Å². The topological polar surface area (TPSA) is 72.5 Å². The lowest BCUT2D eigenvalue weighted by atomic mass is 10.2. The SMILES string of the molecule is Nc1csc(NN=Cc2cc(Br)ccc2OCc2cccc(Cl)c2)n1. The molecule has 3 N–H and O–H groups in total. The minimum atomic E-state index is 0.416. The molecule has 0 unspecified atom stereocenters. The van der Waals surface area contributed by atoms with Gasteiger partial charge in [-0.25, -0.2) is 4.98 Å². The molecule has 25 heavy (non-hydrogen) atoms. The van der Waals surface area contributed by atoms with Crippen LogP contribution in [0.1, 0.15) is 11.1 Å². The normalized spacial score (nSPS) is 11.0. The Labute approximate surface area is 162 Å². The molecule has 2 aromatic carbocycles. The van der Waals surface area contributed by atoms with Crippen LogP contribution in [0.15, 0.2) is 57.4 Å². The average molecular weight is 438 g/mol. The number of nitrogens with zero attached hydrogens (tertiary/aromatic N) is 2. The average Bonchev–Trinajstić information content (AvgIpc) is 2.99. The largest absolute Gasteiger partial charge is 0.488 e. The number of hydrazone groups is 1. The van der Waals surface area contributed by atoms with Crippen molar-refractivity contribution in [3.63, 3.8) is 0 Å². The van der Waals surface area contributed by atoms with Crippen LogP contribution in [0.5, 0.6) is 5.75 Å². The molecule has 3 rings (SSSR count). The molecule has 0 amide bonds. The van der Waals surface area contributed by atoms with Gasteiger partial charge < -0.3 is 10.5 Å². The van der Waals surface area contributed by atoms with Gasteiger partial charge in [0.15, 0.2) is 0 Å². The third-order valence-electron chi connectivity index (χ3n) is 3.14. The zero-order valence-corrected chi connectivity index (χ0v) is 16.1. The molecule has 0 radical (unpaired) electrons. The van der Waals surface area contributed by atoms with Crippen molar-refractivity contribution in [2.24, 2.45) is 5.10 Å². The molecule has 3 aromatic rings. The summed E-state index contributed by atoms with van der Waals surface area (Å²) in [5.74, 6) is 1.18. The Morgan fingerprint density at radius 1 is 1.32 bits per heavy atom. The first kappa shape index (κ1) is 17.7. The number of thiazole rings is 1. The van der Waals surface area contributed by atoms with E-state index in [9.17, 15) is 0 Å². The fourth-order valence-corrected chi connectivity index (χ4v) is 3.17. The summed E-state index contributed by atoms with van der Waals surface area (Å²) in [6.45, 7) is 0.416. The van der Waals surface area contributed by atoms with Crippen molar-refractivity contribution in [3.8, 4) is 5.75 Å². The molecular weight excluding hydrogens is 424 g/mol. The van der Waals surface area contributed by atoms with Crippen molar-refractivity contribution in [1.82, 2.24) is 4.98 Å². The Bertz CT molecular complexity index is 900. The number of hydrogen-bond donors (Lipinski definition) is 2. The van der Waals surface area contributed by atoms with Crippen molar-refractivity contribution in [2.45, 2.75) is 6.61 Å². The van der Waals surface area contributed by atoms with Crippen molar-refractivity contribution in [1.29, 1.82) is 0 Å². The highest BCUT2D eigenvalue weighted by atomic mass is 79.9. The Balaban J connectivity index is 1.71. The molecule has 128 valence electrons. The second kappa shape index (κ2) is 8.33. The number of nitrogens with two attached hydrogens (primary N) is 1. The molecule has 0 saturated carbocycles. The first-order valence-electron chi connectivity index (χ1n) is 7.27. The van der Waals surface area contributed by atoms with Crippen LogP contribution in [0, 0.1) is 0 Å². The zero-order valence-electron chi connectivity index (χ0n) is 12.9. The highest BCUT2D eigenvalue weighted by Crippen LogP contribution is 2.24. The van der Waals surface area contributed by atoms with Gasteiger partial charge in [-0.05, 0) is 35.9 Å². The van der Waals surface area contributed by atoms with Crippen LogP contribution in [-0.4, -0.2) is 11.2 Å². The minimum absolute atomic E-state index is 0.416. The molecule has 0 aliphatic heterocycles. The molecule has 0 aliphatic carbocycles. The Morgan fingerprint density at radius 2 is 2.20 bits per heavy atom. The maximum Gasteiger partial charge on any atom is 0.205 e. The number of aromatic nitrogens is 1. The second-order valence-electron chi connectivity index (χ2n) is 5.05. The molecule has 0 atom stereocenters. The number of benzene rings is 2. The van der Waals surface area contributed by atoms with E-state index in [2.05, 4.69) is 31.4 Å². The lowest BCUT2D eigenvalue weighted by Crippen LogP contribution is -1.99. The first-order valence-corrected chi connectivity index (χ1v) is 9.32. The van der Waals surface area contributed by atoms with Crippen molar-refractivity contribution in [2.75, 3.05) is 11.2 Å². The minimum Gasteiger partial charge on any atom is -0.488 e. The monoisotopic (exact) mass is 436 g/mol. The molecule has 8 heteroatoms. The fraction of sp³-hybridized carbons (Fsp3) is 0.0588. The smallest absolute Gasteiger partial charge is 0.205 e. The van der Waals surface area contributed by atoms with Crippen LogP contribution in [0.25, 0.3) is 0 Å². The summed E-state index contributed by atoms with van der Waals surface area (Å²) in [7, 11) is 0. The molecule has 0 spiro atoms. The number of halogens is 2. The van der Waals surface area contributed by atoms with Crippen molar-refractivity contribution in [3.05, 3.63) is 68.5 Å². The summed E-state index contributed by atoms with van der Waals surface area (Å²) in [4.78, 5) is 4.08. The molecule has 0 fully saturated rings. The van der Waals surface area contributed by atoms with E-state index < -0.39 is 0 Å². The maximum absolute atomic E-state index is 6.00. The summed E-state index contributed by atoms with van der Waals surface area (Å²) < 4.78 is 6.84. The van der Waals surface area contributed by atoms with E-state index in [0.717, 1.165) is 15.6 Å². The molecule has 0 aliphatic rings. The van der Waals surface area contributed by atoms with Gasteiger partial charge >= 0.3 is 0 Å². The second-order valence-corrected chi connectivity index (χ2v) is 7.26. The van der Waals surface area contributed by atoms with E-state index in [4.69, 9.17) is 22.1 Å². The lowest BCUT2D eigenvalue weighted by Gasteiger charge is -2.10. The standard InChI is InChI=1S/C17H14BrClN4OS/c18-13-4-5-15(24-9-11-2-1-3-14(19)6-11)12(7-13)8-21-23-17-22-16(20)10-25-17/h1-8,10H,9,20H2,(H,22,23). The van der Waals surface area contributed by atoms with Crippen LogP contribution < -0.4 is 15.9 Å². The predicted octanol–water partition coefficient (Wildman–Crippen LogP) is 5.17. The van der Waals surface area contributed by atoms with Crippen LogP contribution in [0.3, 0.4) is 0 Å². The van der Waals surface area contributed by atoms with E-state index in [1.54, 1.807) is 11.6 Å². The van der Waals surface area contributed by atoms with E-state index >= 15 is 0 Å².